The lowest BCUT2D eigenvalue weighted by atomic mass is 10.0. The van der Waals surface area contributed by atoms with Gasteiger partial charge in [-0.25, -0.2) is 0 Å². The molecular formula is C16H18Br2N2O. The number of nitrogens with zero attached hydrogens (tertiary/aromatic N) is 1. The fraction of sp³-hybridized carbons (Fsp3) is 0.312. The minimum Gasteiger partial charge on any atom is -0.497 e. The van der Waals surface area contributed by atoms with Crippen molar-refractivity contribution in [1.29, 1.82) is 0 Å². The first kappa shape index (κ1) is 16.5. The van der Waals surface area contributed by atoms with Crippen molar-refractivity contribution in [3.8, 4) is 5.75 Å². The second-order valence-electron chi connectivity index (χ2n) is 4.64. The van der Waals surface area contributed by atoms with Crippen LogP contribution in [0.4, 0.5) is 0 Å². The first-order chi connectivity index (χ1) is 10.2. The summed E-state index contributed by atoms with van der Waals surface area (Å²) in [6.07, 6.45) is 2.66. The molecule has 0 spiro atoms. The van der Waals surface area contributed by atoms with Crippen molar-refractivity contribution < 1.29 is 4.74 Å². The van der Waals surface area contributed by atoms with Gasteiger partial charge in [0.1, 0.15) is 5.75 Å². The summed E-state index contributed by atoms with van der Waals surface area (Å²) in [7, 11) is 1.68. The van der Waals surface area contributed by atoms with Crippen LogP contribution in [0.3, 0.4) is 0 Å². The standard InChI is InChI=1S/C16H18Br2N2O/c1-3-19-15(16-14(18)5-4-8-20-16)10-11-9-12(21-2)6-7-13(11)17/h4-9,15,19H,3,10H2,1-2H3. The summed E-state index contributed by atoms with van der Waals surface area (Å²) < 4.78 is 7.42. The molecule has 0 radical (unpaired) electrons. The average Bonchev–Trinajstić information content (AvgIpc) is 2.49. The van der Waals surface area contributed by atoms with Gasteiger partial charge in [-0.3, -0.25) is 4.98 Å². The van der Waals surface area contributed by atoms with Gasteiger partial charge in [0.15, 0.2) is 0 Å². The van der Waals surface area contributed by atoms with Crippen molar-refractivity contribution in [2.75, 3.05) is 13.7 Å². The molecule has 1 unspecified atom stereocenters. The quantitative estimate of drug-likeness (QED) is 0.756. The van der Waals surface area contributed by atoms with E-state index in [2.05, 4.69) is 55.2 Å². The molecule has 2 rings (SSSR count). The van der Waals surface area contributed by atoms with E-state index in [4.69, 9.17) is 4.74 Å². The van der Waals surface area contributed by atoms with Crippen LogP contribution in [0.25, 0.3) is 0 Å². The van der Waals surface area contributed by atoms with Crippen LogP contribution in [0.5, 0.6) is 5.75 Å². The van der Waals surface area contributed by atoms with Gasteiger partial charge in [-0.05, 0) is 64.8 Å². The number of pyridine rings is 1. The van der Waals surface area contributed by atoms with Crippen LogP contribution >= 0.6 is 31.9 Å². The molecule has 1 N–H and O–H groups in total. The lowest BCUT2D eigenvalue weighted by Gasteiger charge is -2.19. The Balaban J connectivity index is 2.30. The lowest BCUT2D eigenvalue weighted by molar-refractivity contribution is 0.413. The van der Waals surface area contributed by atoms with Crippen molar-refractivity contribution in [1.82, 2.24) is 10.3 Å². The van der Waals surface area contributed by atoms with Crippen molar-refractivity contribution in [2.45, 2.75) is 19.4 Å². The molecule has 0 saturated carbocycles. The zero-order valence-electron chi connectivity index (χ0n) is 12.1. The van der Waals surface area contributed by atoms with E-state index >= 15 is 0 Å². The summed E-state index contributed by atoms with van der Waals surface area (Å²) in [5.41, 5.74) is 2.21. The highest BCUT2D eigenvalue weighted by Gasteiger charge is 2.17. The maximum absolute atomic E-state index is 5.31. The predicted octanol–water partition coefficient (Wildman–Crippen LogP) is 4.51. The third-order valence-corrected chi connectivity index (χ3v) is 4.69. The SMILES string of the molecule is CCNC(Cc1cc(OC)ccc1Br)c1ncccc1Br. The number of aromatic nitrogens is 1. The van der Waals surface area contributed by atoms with Gasteiger partial charge in [0.25, 0.3) is 0 Å². The molecule has 0 saturated heterocycles. The van der Waals surface area contributed by atoms with Crippen LogP contribution in [-0.4, -0.2) is 18.6 Å². The Kier molecular flexibility index (Phi) is 6.21. The van der Waals surface area contributed by atoms with E-state index in [0.717, 1.165) is 33.4 Å². The molecule has 1 atom stereocenters. The molecule has 0 aliphatic carbocycles. The first-order valence-corrected chi connectivity index (χ1v) is 8.40. The zero-order chi connectivity index (χ0) is 15.2. The summed E-state index contributed by atoms with van der Waals surface area (Å²) in [5.74, 6) is 0.864. The van der Waals surface area contributed by atoms with Gasteiger partial charge < -0.3 is 10.1 Å². The monoisotopic (exact) mass is 412 g/mol. The van der Waals surface area contributed by atoms with Crippen molar-refractivity contribution in [3.63, 3.8) is 0 Å². The van der Waals surface area contributed by atoms with Gasteiger partial charge in [-0.2, -0.15) is 0 Å². The third kappa shape index (κ3) is 4.28. The molecule has 21 heavy (non-hydrogen) atoms. The fourth-order valence-electron chi connectivity index (χ4n) is 2.22. The van der Waals surface area contributed by atoms with E-state index in [1.807, 2.05) is 30.5 Å². The largest absolute Gasteiger partial charge is 0.497 e. The number of rotatable bonds is 6. The molecule has 2 aromatic rings. The molecule has 0 aliphatic rings. The molecule has 112 valence electrons. The van der Waals surface area contributed by atoms with Gasteiger partial charge in [0, 0.05) is 15.1 Å². The Hall–Kier alpha value is -0.910. The van der Waals surface area contributed by atoms with E-state index in [-0.39, 0.29) is 6.04 Å². The van der Waals surface area contributed by atoms with Gasteiger partial charge in [0.2, 0.25) is 0 Å². The highest BCUT2D eigenvalue weighted by atomic mass is 79.9. The van der Waals surface area contributed by atoms with Crippen molar-refractivity contribution in [3.05, 3.63) is 56.7 Å². The van der Waals surface area contributed by atoms with Gasteiger partial charge >= 0.3 is 0 Å². The van der Waals surface area contributed by atoms with E-state index in [9.17, 15) is 0 Å². The van der Waals surface area contributed by atoms with Crippen LogP contribution in [0.15, 0.2) is 45.5 Å². The number of benzene rings is 1. The molecule has 1 aromatic carbocycles. The Morgan fingerprint density at radius 2 is 2.05 bits per heavy atom. The molecule has 1 aromatic heterocycles. The lowest BCUT2D eigenvalue weighted by Crippen LogP contribution is -2.24. The molecular weight excluding hydrogens is 396 g/mol. The maximum Gasteiger partial charge on any atom is 0.119 e. The summed E-state index contributed by atoms with van der Waals surface area (Å²) in [5, 5.41) is 3.50. The van der Waals surface area contributed by atoms with Crippen molar-refractivity contribution in [2.24, 2.45) is 0 Å². The number of methoxy groups -OCH3 is 1. The normalized spacial score (nSPS) is 12.2. The minimum absolute atomic E-state index is 0.147. The summed E-state index contributed by atoms with van der Waals surface area (Å²) in [4.78, 5) is 4.51. The molecule has 0 bridgehead atoms. The van der Waals surface area contributed by atoms with Gasteiger partial charge in [-0.15, -0.1) is 0 Å². The van der Waals surface area contributed by atoms with Crippen LogP contribution in [-0.2, 0) is 6.42 Å². The van der Waals surface area contributed by atoms with Crippen LogP contribution in [0.1, 0.15) is 24.2 Å². The summed E-state index contributed by atoms with van der Waals surface area (Å²) in [6, 6.07) is 10.1. The fourth-order valence-corrected chi connectivity index (χ4v) is 3.16. The van der Waals surface area contributed by atoms with Crippen LogP contribution in [0, 0.1) is 0 Å². The highest BCUT2D eigenvalue weighted by Crippen LogP contribution is 2.29. The van der Waals surface area contributed by atoms with Gasteiger partial charge in [-0.1, -0.05) is 22.9 Å². The molecule has 0 amide bonds. The molecule has 1 heterocycles. The number of likely N-dealkylation sites (N-methyl/N-ethyl adjacent to an activating group) is 1. The first-order valence-electron chi connectivity index (χ1n) is 6.82. The van der Waals surface area contributed by atoms with E-state index in [0.29, 0.717) is 0 Å². The third-order valence-electron chi connectivity index (χ3n) is 3.24. The smallest absolute Gasteiger partial charge is 0.119 e. The Bertz CT molecular complexity index is 605. The maximum atomic E-state index is 5.31. The Labute approximate surface area is 142 Å². The Morgan fingerprint density at radius 3 is 2.71 bits per heavy atom. The minimum atomic E-state index is 0.147. The highest BCUT2D eigenvalue weighted by molar-refractivity contribution is 9.10. The number of halogens is 2. The number of hydrogen-bond donors (Lipinski definition) is 1. The second-order valence-corrected chi connectivity index (χ2v) is 6.35. The average molecular weight is 414 g/mol. The molecule has 0 fully saturated rings. The second kappa shape index (κ2) is 7.92. The zero-order valence-corrected chi connectivity index (χ0v) is 15.2. The molecule has 5 heteroatoms. The topological polar surface area (TPSA) is 34.1 Å². The Morgan fingerprint density at radius 1 is 1.24 bits per heavy atom. The van der Waals surface area contributed by atoms with E-state index < -0.39 is 0 Å². The number of ether oxygens (including phenoxy) is 1. The van der Waals surface area contributed by atoms with Crippen LogP contribution in [0.2, 0.25) is 0 Å². The number of hydrogen-bond acceptors (Lipinski definition) is 3. The van der Waals surface area contributed by atoms with E-state index in [1.165, 1.54) is 5.56 Å². The molecule has 0 aliphatic heterocycles. The molecule has 3 nitrogen and oxygen atoms in total. The predicted molar refractivity (Wildman–Crippen MR) is 92.8 cm³/mol. The van der Waals surface area contributed by atoms with Crippen molar-refractivity contribution >= 4 is 31.9 Å². The summed E-state index contributed by atoms with van der Waals surface area (Å²) in [6.45, 7) is 2.99. The summed E-state index contributed by atoms with van der Waals surface area (Å²) >= 11 is 7.20. The van der Waals surface area contributed by atoms with E-state index in [1.54, 1.807) is 7.11 Å². The number of nitrogens with one attached hydrogen (secondary N) is 1. The van der Waals surface area contributed by atoms with Crippen LogP contribution < -0.4 is 10.1 Å². The van der Waals surface area contributed by atoms with Gasteiger partial charge in [0.05, 0.1) is 18.8 Å².